The van der Waals surface area contributed by atoms with E-state index in [4.69, 9.17) is 20.8 Å². The number of ether oxygens (including phenoxy) is 1. The first kappa shape index (κ1) is 17.0. The van der Waals surface area contributed by atoms with Crippen molar-refractivity contribution in [2.24, 2.45) is 0 Å². The molecule has 2 aromatic heterocycles. The van der Waals surface area contributed by atoms with Crippen LogP contribution in [-0.2, 0) is 11.4 Å². The van der Waals surface area contributed by atoms with E-state index in [-0.39, 0.29) is 12.5 Å². The van der Waals surface area contributed by atoms with Crippen molar-refractivity contribution in [1.82, 2.24) is 9.97 Å². The van der Waals surface area contributed by atoms with Crippen LogP contribution >= 0.6 is 11.6 Å². The van der Waals surface area contributed by atoms with Crippen molar-refractivity contribution in [3.05, 3.63) is 59.1 Å². The second-order valence-electron chi connectivity index (χ2n) is 5.32. The molecule has 2 heterocycles. The summed E-state index contributed by atoms with van der Waals surface area (Å²) < 4.78 is 11.5. The van der Waals surface area contributed by atoms with Crippen molar-refractivity contribution >= 4 is 23.3 Å². The monoisotopic (exact) mass is 357 g/mol. The molecule has 0 saturated heterocycles. The number of rotatable bonds is 5. The van der Waals surface area contributed by atoms with Crippen LogP contribution in [0.1, 0.15) is 18.4 Å². The quantitative estimate of drug-likeness (QED) is 0.739. The summed E-state index contributed by atoms with van der Waals surface area (Å²) >= 11 is 6.18. The summed E-state index contributed by atoms with van der Waals surface area (Å²) in [6.07, 6.45) is 1.58. The molecule has 0 unspecified atom stereocenters. The normalized spacial score (nSPS) is 10.5. The van der Waals surface area contributed by atoms with Crippen LogP contribution in [0.3, 0.4) is 0 Å². The highest BCUT2D eigenvalue weighted by atomic mass is 35.5. The van der Waals surface area contributed by atoms with Gasteiger partial charge in [-0.25, -0.2) is 9.97 Å². The molecule has 0 spiro atoms. The predicted octanol–water partition coefficient (Wildman–Crippen LogP) is 4.24. The molecule has 3 aromatic rings. The van der Waals surface area contributed by atoms with Crippen molar-refractivity contribution in [2.75, 3.05) is 5.32 Å². The number of hydrogen-bond donors (Lipinski definition) is 1. The topological polar surface area (TPSA) is 77.2 Å². The molecule has 0 aliphatic heterocycles. The van der Waals surface area contributed by atoms with Gasteiger partial charge in [0.15, 0.2) is 11.6 Å². The zero-order valence-corrected chi connectivity index (χ0v) is 14.5. The van der Waals surface area contributed by atoms with Gasteiger partial charge in [-0.2, -0.15) is 0 Å². The van der Waals surface area contributed by atoms with E-state index in [1.807, 2.05) is 25.1 Å². The smallest absolute Gasteiger partial charge is 0.228 e. The summed E-state index contributed by atoms with van der Waals surface area (Å²) in [6.45, 7) is 3.40. The Morgan fingerprint density at radius 2 is 2.08 bits per heavy atom. The Morgan fingerprint density at radius 1 is 1.28 bits per heavy atom. The number of pyridine rings is 1. The highest BCUT2D eigenvalue weighted by Crippen LogP contribution is 2.29. The van der Waals surface area contributed by atoms with E-state index in [2.05, 4.69) is 15.3 Å². The van der Waals surface area contributed by atoms with Crippen molar-refractivity contribution in [1.29, 1.82) is 0 Å². The molecule has 0 atom stereocenters. The third-order valence-electron chi connectivity index (χ3n) is 3.43. The molecule has 1 amide bonds. The van der Waals surface area contributed by atoms with Gasteiger partial charge < -0.3 is 14.5 Å². The van der Waals surface area contributed by atoms with Gasteiger partial charge in [-0.15, -0.1) is 0 Å². The van der Waals surface area contributed by atoms with Gasteiger partial charge >= 0.3 is 0 Å². The van der Waals surface area contributed by atoms with Gasteiger partial charge in [0.1, 0.15) is 18.1 Å². The number of hydrogen-bond acceptors (Lipinski definition) is 5. The van der Waals surface area contributed by atoms with Crippen LogP contribution in [0.15, 0.2) is 47.0 Å². The van der Waals surface area contributed by atoms with Crippen molar-refractivity contribution in [2.45, 2.75) is 20.5 Å². The Hall–Kier alpha value is -2.86. The average molecular weight is 358 g/mol. The maximum Gasteiger partial charge on any atom is 0.228 e. The number of carbonyl (C=O) groups excluding carboxylic acids is 1. The first-order chi connectivity index (χ1) is 12.0. The van der Waals surface area contributed by atoms with Crippen molar-refractivity contribution < 1.29 is 13.9 Å². The van der Waals surface area contributed by atoms with Gasteiger partial charge in [0, 0.05) is 13.1 Å². The molecule has 25 heavy (non-hydrogen) atoms. The molecule has 0 bridgehead atoms. The summed E-state index contributed by atoms with van der Waals surface area (Å²) in [5.74, 6) is 1.68. The van der Waals surface area contributed by atoms with Crippen LogP contribution in [0.4, 0.5) is 5.82 Å². The number of carbonyl (C=O) groups is 1. The Morgan fingerprint density at radius 3 is 2.84 bits per heavy atom. The van der Waals surface area contributed by atoms with Gasteiger partial charge in [0.05, 0.1) is 10.6 Å². The Kier molecular flexibility index (Phi) is 5.00. The molecule has 7 heteroatoms. The number of halogens is 1. The fourth-order valence-corrected chi connectivity index (χ4v) is 2.44. The van der Waals surface area contributed by atoms with Gasteiger partial charge in [-0.05, 0) is 31.2 Å². The number of anilines is 1. The van der Waals surface area contributed by atoms with Crippen LogP contribution in [0.2, 0.25) is 5.02 Å². The van der Waals surface area contributed by atoms with Crippen LogP contribution < -0.4 is 10.1 Å². The molecule has 3 rings (SSSR count). The first-order valence-electron chi connectivity index (χ1n) is 7.61. The number of oxazole rings is 1. The van der Waals surface area contributed by atoms with E-state index in [0.717, 1.165) is 5.56 Å². The minimum atomic E-state index is -0.220. The zero-order valence-electron chi connectivity index (χ0n) is 13.7. The number of amides is 1. The maximum absolute atomic E-state index is 11.2. The van der Waals surface area contributed by atoms with Crippen LogP contribution in [0, 0.1) is 6.92 Å². The molecule has 0 radical (unpaired) electrons. The van der Waals surface area contributed by atoms with Crippen LogP contribution in [-0.4, -0.2) is 15.9 Å². The Bertz CT molecular complexity index is 908. The maximum atomic E-state index is 11.2. The molecule has 1 N–H and O–H groups in total. The third-order valence-corrected chi connectivity index (χ3v) is 3.76. The largest absolute Gasteiger partial charge is 0.483 e. The van der Waals surface area contributed by atoms with Crippen molar-refractivity contribution in [3.63, 3.8) is 0 Å². The average Bonchev–Trinajstić information content (AvgIpc) is 2.95. The minimum absolute atomic E-state index is 0.179. The predicted molar refractivity (Wildman–Crippen MR) is 94.6 cm³/mol. The van der Waals surface area contributed by atoms with Crippen LogP contribution in [0.5, 0.6) is 5.75 Å². The lowest BCUT2D eigenvalue weighted by molar-refractivity contribution is -0.114. The zero-order chi connectivity index (χ0) is 17.8. The van der Waals surface area contributed by atoms with E-state index in [1.54, 1.807) is 24.4 Å². The van der Waals surface area contributed by atoms with Crippen molar-refractivity contribution in [3.8, 4) is 17.2 Å². The Labute approximate surface area is 149 Å². The summed E-state index contributed by atoms with van der Waals surface area (Å²) in [4.78, 5) is 19.8. The number of aromatic nitrogens is 2. The van der Waals surface area contributed by atoms with Gasteiger partial charge in [0.2, 0.25) is 11.8 Å². The van der Waals surface area contributed by atoms with Crippen LogP contribution in [0.25, 0.3) is 11.5 Å². The highest BCUT2D eigenvalue weighted by Gasteiger charge is 2.15. The van der Waals surface area contributed by atoms with E-state index in [0.29, 0.717) is 33.9 Å². The molecule has 1 aromatic carbocycles. The SMILES string of the molecule is CC(=O)Nc1ncccc1OCc1nc(-c2ccccc2Cl)oc1C. The molecule has 0 fully saturated rings. The Balaban J connectivity index is 1.79. The molecule has 0 aliphatic rings. The van der Waals surface area contributed by atoms with E-state index < -0.39 is 0 Å². The summed E-state index contributed by atoms with van der Waals surface area (Å²) in [5.41, 5.74) is 1.37. The molecule has 6 nitrogen and oxygen atoms in total. The lowest BCUT2D eigenvalue weighted by Crippen LogP contribution is -2.09. The summed E-state index contributed by atoms with van der Waals surface area (Å²) in [7, 11) is 0. The number of benzene rings is 1. The minimum Gasteiger partial charge on any atom is -0.483 e. The van der Waals surface area contributed by atoms with E-state index in [1.165, 1.54) is 6.92 Å². The molecule has 128 valence electrons. The number of nitrogens with one attached hydrogen (secondary N) is 1. The fourth-order valence-electron chi connectivity index (χ4n) is 2.23. The lowest BCUT2D eigenvalue weighted by Gasteiger charge is -2.09. The van der Waals surface area contributed by atoms with E-state index in [9.17, 15) is 4.79 Å². The first-order valence-corrected chi connectivity index (χ1v) is 7.99. The lowest BCUT2D eigenvalue weighted by atomic mass is 10.2. The number of nitrogens with zero attached hydrogens (tertiary/aromatic N) is 2. The standard InChI is InChI=1S/C18H16ClN3O3/c1-11-15(22-18(25-11)13-6-3-4-7-14(13)19)10-24-16-8-5-9-20-17(16)21-12(2)23/h3-9H,10H2,1-2H3,(H,20,21,23). The fraction of sp³-hybridized carbons (Fsp3) is 0.167. The second kappa shape index (κ2) is 7.36. The summed E-state index contributed by atoms with van der Waals surface area (Å²) in [5, 5.41) is 3.19. The van der Waals surface area contributed by atoms with Gasteiger partial charge in [-0.3, -0.25) is 4.79 Å². The molecule has 0 aliphatic carbocycles. The second-order valence-corrected chi connectivity index (χ2v) is 5.73. The van der Waals surface area contributed by atoms with Gasteiger partial charge in [-0.1, -0.05) is 23.7 Å². The number of aryl methyl sites for hydroxylation is 1. The van der Waals surface area contributed by atoms with E-state index >= 15 is 0 Å². The molecule has 0 saturated carbocycles. The molecular weight excluding hydrogens is 342 g/mol. The molecular formula is C18H16ClN3O3. The third kappa shape index (κ3) is 3.97. The highest BCUT2D eigenvalue weighted by molar-refractivity contribution is 6.33. The summed E-state index contributed by atoms with van der Waals surface area (Å²) in [6, 6.07) is 10.8. The van der Waals surface area contributed by atoms with Gasteiger partial charge in [0.25, 0.3) is 0 Å².